The molecule has 8 nitrogen and oxygen atoms in total. The lowest BCUT2D eigenvalue weighted by atomic mass is 10.1. The molecule has 0 aliphatic carbocycles. The fourth-order valence-electron chi connectivity index (χ4n) is 2.75. The second-order valence-electron chi connectivity index (χ2n) is 6.03. The fraction of sp³-hybridized carbons (Fsp3) is 0.167. The summed E-state index contributed by atoms with van der Waals surface area (Å²) < 4.78 is 14.7. The quantitative estimate of drug-likeness (QED) is 0.764. The monoisotopic (exact) mass is 366 g/mol. The molecule has 0 fully saturated rings. The molecule has 2 aromatic heterocycles. The van der Waals surface area contributed by atoms with E-state index in [0.29, 0.717) is 5.65 Å². The van der Waals surface area contributed by atoms with E-state index in [2.05, 4.69) is 20.6 Å². The van der Waals surface area contributed by atoms with Crippen LogP contribution in [0.2, 0.25) is 0 Å². The minimum absolute atomic E-state index is 0.170. The van der Waals surface area contributed by atoms with E-state index in [4.69, 9.17) is 0 Å². The topological polar surface area (TPSA) is 92.0 Å². The molecule has 2 amide bonds. The van der Waals surface area contributed by atoms with E-state index in [1.807, 2.05) is 6.07 Å². The highest BCUT2D eigenvalue weighted by Crippen LogP contribution is 2.15. The Hall–Kier alpha value is -3.62. The molecule has 3 heterocycles. The van der Waals surface area contributed by atoms with Gasteiger partial charge in [0, 0.05) is 19.0 Å². The van der Waals surface area contributed by atoms with Gasteiger partial charge in [0.1, 0.15) is 11.5 Å². The molecule has 1 aromatic carbocycles. The Labute approximate surface area is 153 Å². The van der Waals surface area contributed by atoms with Crippen LogP contribution in [0.3, 0.4) is 0 Å². The summed E-state index contributed by atoms with van der Waals surface area (Å²) in [5.41, 5.74) is 1.55. The van der Waals surface area contributed by atoms with Crippen molar-refractivity contribution in [2.24, 2.45) is 5.10 Å². The number of benzene rings is 1. The van der Waals surface area contributed by atoms with E-state index in [0.717, 1.165) is 5.56 Å². The minimum atomic E-state index is -0.440. The standard InChI is InChI=1S/C18H15FN6O2/c19-13-6-4-12(5-7-13)11-25-16(26)9-8-14(23-25)17(27)20-18-22-21-15-3-1-2-10-24(15)18/h1-7,10H,8-9,11H2,(H,20,22,27). The number of nitrogens with one attached hydrogen (secondary N) is 1. The Kier molecular flexibility index (Phi) is 4.33. The molecule has 1 N–H and O–H groups in total. The first-order chi connectivity index (χ1) is 13.1. The van der Waals surface area contributed by atoms with E-state index in [1.165, 1.54) is 17.1 Å². The molecular weight excluding hydrogens is 351 g/mol. The zero-order valence-corrected chi connectivity index (χ0v) is 14.2. The Balaban J connectivity index is 1.52. The molecule has 27 heavy (non-hydrogen) atoms. The van der Waals surface area contributed by atoms with E-state index < -0.39 is 5.91 Å². The lowest BCUT2D eigenvalue weighted by Gasteiger charge is -2.23. The van der Waals surface area contributed by atoms with Crippen molar-refractivity contribution in [3.8, 4) is 0 Å². The van der Waals surface area contributed by atoms with Crippen molar-refractivity contribution in [2.75, 3.05) is 5.32 Å². The normalized spacial score (nSPS) is 14.3. The molecule has 0 saturated heterocycles. The van der Waals surface area contributed by atoms with Crippen LogP contribution in [0.1, 0.15) is 18.4 Å². The van der Waals surface area contributed by atoms with E-state index in [-0.39, 0.29) is 42.8 Å². The van der Waals surface area contributed by atoms with E-state index in [9.17, 15) is 14.0 Å². The molecule has 0 atom stereocenters. The van der Waals surface area contributed by atoms with Crippen molar-refractivity contribution in [3.63, 3.8) is 0 Å². The van der Waals surface area contributed by atoms with Gasteiger partial charge in [-0.1, -0.05) is 18.2 Å². The van der Waals surface area contributed by atoms with Crippen molar-refractivity contribution in [2.45, 2.75) is 19.4 Å². The maximum atomic E-state index is 13.0. The molecular formula is C18H15FN6O2. The van der Waals surface area contributed by atoms with Gasteiger partial charge in [0.2, 0.25) is 11.9 Å². The van der Waals surface area contributed by atoms with Crippen molar-refractivity contribution >= 4 is 29.1 Å². The largest absolute Gasteiger partial charge is 0.289 e. The van der Waals surface area contributed by atoms with Crippen LogP contribution in [-0.4, -0.2) is 37.1 Å². The Morgan fingerprint density at radius 2 is 1.93 bits per heavy atom. The van der Waals surface area contributed by atoms with Gasteiger partial charge in [-0.15, -0.1) is 10.2 Å². The molecule has 9 heteroatoms. The molecule has 3 aromatic rings. The molecule has 0 spiro atoms. The summed E-state index contributed by atoms with van der Waals surface area (Å²) >= 11 is 0. The summed E-state index contributed by atoms with van der Waals surface area (Å²) in [6.07, 6.45) is 2.15. The summed E-state index contributed by atoms with van der Waals surface area (Å²) in [6.45, 7) is 0.170. The number of aromatic nitrogens is 3. The summed E-state index contributed by atoms with van der Waals surface area (Å²) in [4.78, 5) is 24.7. The number of pyridine rings is 1. The summed E-state index contributed by atoms with van der Waals surface area (Å²) in [5, 5.41) is 16.0. The average molecular weight is 366 g/mol. The third kappa shape index (κ3) is 3.52. The Morgan fingerprint density at radius 3 is 2.74 bits per heavy atom. The number of hydrogen-bond donors (Lipinski definition) is 1. The number of rotatable bonds is 4. The molecule has 4 rings (SSSR count). The molecule has 0 bridgehead atoms. The van der Waals surface area contributed by atoms with Crippen LogP contribution < -0.4 is 5.32 Å². The predicted molar refractivity (Wildman–Crippen MR) is 95.2 cm³/mol. The van der Waals surface area contributed by atoms with Crippen LogP contribution in [0, 0.1) is 5.82 Å². The van der Waals surface area contributed by atoms with Gasteiger partial charge in [-0.3, -0.25) is 19.3 Å². The molecule has 1 aliphatic rings. The van der Waals surface area contributed by atoms with Crippen molar-refractivity contribution in [1.82, 2.24) is 19.6 Å². The Morgan fingerprint density at radius 1 is 1.11 bits per heavy atom. The summed E-state index contributed by atoms with van der Waals surface area (Å²) in [6, 6.07) is 11.2. The number of nitrogens with zero attached hydrogens (tertiary/aromatic N) is 5. The van der Waals surface area contributed by atoms with Gasteiger partial charge in [-0.25, -0.2) is 9.40 Å². The molecule has 0 saturated carbocycles. The molecule has 0 radical (unpaired) electrons. The number of halogens is 1. The third-order valence-corrected chi connectivity index (χ3v) is 4.15. The SMILES string of the molecule is O=C(Nc1nnc2ccccn12)C1=NN(Cc2ccc(F)cc2)C(=O)CC1. The zero-order valence-electron chi connectivity index (χ0n) is 14.2. The lowest BCUT2D eigenvalue weighted by Crippen LogP contribution is -2.36. The van der Waals surface area contributed by atoms with Crippen LogP contribution in [-0.2, 0) is 16.1 Å². The second-order valence-corrected chi connectivity index (χ2v) is 6.03. The minimum Gasteiger partial charge on any atom is -0.289 e. The molecule has 136 valence electrons. The van der Waals surface area contributed by atoms with E-state index >= 15 is 0 Å². The van der Waals surface area contributed by atoms with E-state index in [1.54, 1.807) is 34.9 Å². The van der Waals surface area contributed by atoms with Gasteiger partial charge in [-0.05, 0) is 29.8 Å². The number of carbonyl (C=O) groups excluding carboxylic acids is 2. The highest BCUT2D eigenvalue weighted by atomic mass is 19.1. The first-order valence-electron chi connectivity index (χ1n) is 8.33. The maximum Gasteiger partial charge on any atom is 0.274 e. The number of carbonyl (C=O) groups is 2. The zero-order chi connectivity index (χ0) is 18.8. The van der Waals surface area contributed by atoms with Gasteiger partial charge in [0.25, 0.3) is 5.91 Å². The third-order valence-electron chi connectivity index (χ3n) is 4.15. The number of amides is 2. The van der Waals surface area contributed by atoms with Gasteiger partial charge < -0.3 is 0 Å². The molecule has 1 aliphatic heterocycles. The van der Waals surface area contributed by atoms with Gasteiger partial charge in [0.15, 0.2) is 5.65 Å². The van der Waals surface area contributed by atoms with Crippen molar-refractivity contribution < 1.29 is 14.0 Å². The fourth-order valence-corrected chi connectivity index (χ4v) is 2.75. The van der Waals surface area contributed by atoms with Gasteiger partial charge in [-0.2, -0.15) is 5.10 Å². The maximum absolute atomic E-state index is 13.0. The summed E-state index contributed by atoms with van der Waals surface area (Å²) in [5.74, 6) is -0.707. The Bertz CT molecular complexity index is 1040. The van der Waals surface area contributed by atoms with Crippen molar-refractivity contribution in [1.29, 1.82) is 0 Å². The smallest absolute Gasteiger partial charge is 0.274 e. The summed E-state index contributed by atoms with van der Waals surface area (Å²) in [7, 11) is 0. The average Bonchev–Trinajstić information content (AvgIpc) is 3.08. The number of fused-ring (bicyclic) bond motifs is 1. The number of hydrogen-bond acceptors (Lipinski definition) is 5. The van der Waals surface area contributed by atoms with Gasteiger partial charge >= 0.3 is 0 Å². The van der Waals surface area contributed by atoms with Crippen LogP contribution in [0.15, 0.2) is 53.8 Å². The number of anilines is 1. The lowest BCUT2D eigenvalue weighted by molar-refractivity contribution is -0.132. The van der Waals surface area contributed by atoms with Crippen LogP contribution in [0.5, 0.6) is 0 Å². The highest BCUT2D eigenvalue weighted by Gasteiger charge is 2.25. The van der Waals surface area contributed by atoms with Crippen molar-refractivity contribution in [3.05, 3.63) is 60.0 Å². The predicted octanol–water partition coefficient (Wildman–Crippen LogP) is 1.99. The van der Waals surface area contributed by atoms with Crippen LogP contribution in [0.25, 0.3) is 5.65 Å². The number of hydrazone groups is 1. The first-order valence-corrected chi connectivity index (χ1v) is 8.33. The van der Waals surface area contributed by atoms with Gasteiger partial charge in [0.05, 0.1) is 6.54 Å². The molecule has 0 unspecified atom stereocenters. The second kappa shape index (κ2) is 6.94. The van der Waals surface area contributed by atoms with Crippen LogP contribution >= 0.6 is 0 Å². The first kappa shape index (κ1) is 16.8. The highest BCUT2D eigenvalue weighted by molar-refractivity contribution is 6.43. The van der Waals surface area contributed by atoms with Crippen LogP contribution in [0.4, 0.5) is 10.3 Å².